The van der Waals surface area contributed by atoms with Gasteiger partial charge in [-0.1, -0.05) is 66.7 Å². The monoisotopic (exact) mass is 586 g/mol. The van der Waals surface area contributed by atoms with Gasteiger partial charge in [-0.05, 0) is 84.9 Å². The van der Waals surface area contributed by atoms with Gasteiger partial charge in [0, 0.05) is 50.1 Å². The fraction of sp³-hybridized carbons (Fsp3) is 0. The number of hydrogen-bond acceptors (Lipinski definition) is 3. The second kappa shape index (κ2) is 10.9. The van der Waals surface area contributed by atoms with E-state index in [9.17, 15) is 12.3 Å². The number of hydrogen-bond donors (Lipinski definition) is 0. The average molecular weight is 587 g/mol. The molecule has 43 heavy (non-hydrogen) atoms. The number of halogens is 3. The van der Waals surface area contributed by atoms with Crippen LogP contribution in [0.25, 0.3) is 21.9 Å². The molecule has 7 rings (SSSR count). The van der Waals surface area contributed by atoms with E-state index in [2.05, 4.69) is 29.2 Å². The van der Waals surface area contributed by atoms with Crippen molar-refractivity contribution in [3.63, 3.8) is 0 Å². The molecule has 0 saturated heterocycles. The van der Waals surface area contributed by atoms with Gasteiger partial charge in [0.25, 0.3) is 0 Å². The third-order valence-electron chi connectivity index (χ3n) is 7.47. The van der Waals surface area contributed by atoms with Crippen molar-refractivity contribution in [1.82, 2.24) is 0 Å². The average Bonchev–Trinajstić information content (AvgIpc) is 3.41. The third-order valence-corrected chi connectivity index (χ3v) is 8.45. The largest absolute Gasteiger partial charge is 0.653 e. The van der Waals surface area contributed by atoms with Gasteiger partial charge in [-0.25, -0.2) is 12.3 Å². The van der Waals surface area contributed by atoms with Gasteiger partial charge < -0.3 is 14.2 Å². The molecule has 0 unspecified atom stereocenters. The van der Waals surface area contributed by atoms with E-state index in [0.29, 0.717) is 5.69 Å². The van der Waals surface area contributed by atoms with Gasteiger partial charge in [0.05, 0.1) is 0 Å². The first-order chi connectivity index (χ1) is 21.0. The first-order valence-electron chi connectivity index (χ1n) is 13.8. The van der Waals surface area contributed by atoms with Crippen LogP contribution in [0.5, 0.6) is 0 Å². The van der Waals surface area contributed by atoms with Crippen LogP contribution in [0.3, 0.4) is 0 Å². The van der Waals surface area contributed by atoms with E-state index in [-0.39, 0.29) is 0 Å². The van der Waals surface area contributed by atoms with Gasteiger partial charge in [-0.2, -0.15) is 0 Å². The van der Waals surface area contributed by atoms with Crippen molar-refractivity contribution in [3.8, 4) is 0 Å². The Morgan fingerprint density at radius 1 is 0.395 bits per heavy atom. The molecule has 210 valence electrons. The topological polar surface area (TPSA) is 19.6 Å². The summed E-state index contributed by atoms with van der Waals surface area (Å²) in [6.45, 7) is 0. The van der Waals surface area contributed by atoms with Gasteiger partial charge in [-0.3, -0.25) is 0 Å². The molecule has 1 aromatic heterocycles. The van der Waals surface area contributed by atoms with E-state index in [0.717, 1.165) is 50.4 Å². The Bertz CT molecular complexity index is 2010. The lowest BCUT2D eigenvalue weighted by Gasteiger charge is -2.28. The zero-order valence-electron chi connectivity index (χ0n) is 22.9. The second-order valence-electron chi connectivity index (χ2n) is 10.2. The minimum Gasteiger partial charge on any atom is -0.456 e. The number of fused-ring (bicyclic) bond motifs is 3. The van der Waals surface area contributed by atoms with Crippen molar-refractivity contribution >= 4 is 70.3 Å². The van der Waals surface area contributed by atoms with E-state index in [1.54, 1.807) is 0 Å². The third kappa shape index (κ3) is 5.15. The molecule has 3 nitrogen and oxygen atoms in total. The Hall–Kier alpha value is -5.27. The van der Waals surface area contributed by atoms with Crippen molar-refractivity contribution in [2.24, 2.45) is 0 Å². The van der Waals surface area contributed by atoms with Crippen molar-refractivity contribution < 1.29 is 16.7 Å². The highest BCUT2D eigenvalue weighted by atomic mass is 28.5. The molecule has 0 fully saturated rings. The smallest absolute Gasteiger partial charge is 0.456 e. The Kier molecular flexibility index (Phi) is 6.72. The van der Waals surface area contributed by atoms with Gasteiger partial charge >= 0.3 is 9.08 Å². The number of anilines is 6. The Morgan fingerprint density at radius 3 is 1.37 bits per heavy atom. The van der Waals surface area contributed by atoms with Crippen LogP contribution in [0.1, 0.15) is 0 Å². The van der Waals surface area contributed by atoms with E-state index >= 15 is 0 Å². The summed E-state index contributed by atoms with van der Waals surface area (Å²) < 4.78 is 46.3. The van der Waals surface area contributed by atoms with Crippen LogP contribution in [-0.2, 0) is 0 Å². The maximum absolute atomic E-state index is 13.4. The first-order valence-corrected chi connectivity index (χ1v) is 15.5. The minimum absolute atomic E-state index is 0.541. The molecule has 7 heteroatoms. The van der Waals surface area contributed by atoms with E-state index in [1.807, 2.05) is 108 Å². The molecule has 0 bridgehead atoms. The summed E-state index contributed by atoms with van der Waals surface area (Å²) in [5, 5.41) is 1.55. The van der Waals surface area contributed by atoms with E-state index < -0.39 is 14.3 Å². The summed E-state index contributed by atoms with van der Waals surface area (Å²) in [6.07, 6.45) is 0. The minimum atomic E-state index is -5.89. The fourth-order valence-corrected chi connectivity index (χ4v) is 6.00. The Morgan fingerprint density at radius 2 is 0.814 bits per heavy atom. The maximum Gasteiger partial charge on any atom is 0.653 e. The highest BCUT2D eigenvalue weighted by Gasteiger charge is 2.39. The molecule has 7 aromatic rings. The van der Waals surface area contributed by atoms with E-state index in [4.69, 9.17) is 4.42 Å². The number of rotatable bonds is 7. The van der Waals surface area contributed by atoms with Crippen molar-refractivity contribution in [2.45, 2.75) is 0 Å². The molecule has 0 radical (unpaired) electrons. The maximum atomic E-state index is 13.4. The fourth-order valence-electron chi connectivity index (χ4n) is 5.45. The summed E-state index contributed by atoms with van der Waals surface area (Å²) in [4.78, 5) is 4.14. The molecular weight excluding hydrogens is 561 g/mol. The summed E-state index contributed by atoms with van der Waals surface area (Å²) >= 11 is 0. The molecule has 0 aliphatic heterocycles. The number of nitrogens with zero attached hydrogens (tertiary/aromatic N) is 2. The molecule has 0 aliphatic carbocycles. The van der Waals surface area contributed by atoms with Crippen LogP contribution in [0.4, 0.5) is 46.4 Å². The zero-order chi connectivity index (χ0) is 29.4. The van der Waals surface area contributed by atoms with Gasteiger partial charge in [0.15, 0.2) is 0 Å². The molecule has 1 heterocycles. The van der Waals surface area contributed by atoms with Crippen LogP contribution in [0, 0.1) is 0 Å². The van der Waals surface area contributed by atoms with Gasteiger partial charge in [-0.15, -0.1) is 0 Å². The Labute approximate surface area is 248 Å². The van der Waals surface area contributed by atoms with Crippen LogP contribution in [0.2, 0.25) is 0 Å². The summed E-state index contributed by atoms with van der Waals surface area (Å²) in [5.74, 6) is 0. The molecule has 6 aromatic carbocycles. The van der Waals surface area contributed by atoms with Crippen LogP contribution in [-0.4, -0.2) is 9.08 Å². The molecule has 0 saturated carbocycles. The highest BCUT2D eigenvalue weighted by Crippen LogP contribution is 2.40. The van der Waals surface area contributed by atoms with Crippen molar-refractivity contribution in [1.29, 1.82) is 0 Å². The lowest BCUT2D eigenvalue weighted by Crippen LogP contribution is -2.33. The second-order valence-corrected chi connectivity index (χ2v) is 11.8. The molecule has 0 aliphatic rings. The predicted octanol–water partition coefficient (Wildman–Crippen LogP) is 10.6. The summed E-state index contributed by atoms with van der Waals surface area (Å²) in [5.41, 5.74) is 6.91. The molecular formula is C36H25F3N2OSi. The predicted molar refractivity (Wildman–Crippen MR) is 172 cm³/mol. The van der Waals surface area contributed by atoms with Crippen molar-refractivity contribution in [3.05, 3.63) is 152 Å². The zero-order valence-corrected chi connectivity index (χ0v) is 23.9. The molecule has 0 atom stereocenters. The first kappa shape index (κ1) is 26.6. The van der Waals surface area contributed by atoms with Gasteiger partial charge in [0.1, 0.15) is 11.2 Å². The van der Waals surface area contributed by atoms with Crippen LogP contribution in [0.15, 0.2) is 156 Å². The Balaban J connectivity index is 1.31. The van der Waals surface area contributed by atoms with Crippen LogP contribution >= 0.6 is 0 Å². The van der Waals surface area contributed by atoms with Crippen LogP contribution < -0.4 is 15.0 Å². The van der Waals surface area contributed by atoms with E-state index in [1.165, 1.54) is 24.3 Å². The molecule has 0 amide bonds. The summed E-state index contributed by atoms with van der Waals surface area (Å²) in [6, 6.07) is 47.5. The lowest BCUT2D eigenvalue weighted by atomic mass is 10.1. The quantitative estimate of drug-likeness (QED) is 0.137. The molecule has 0 spiro atoms. The normalized spacial score (nSPS) is 11.6. The SMILES string of the molecule is F[Si](F)(F)c1ccc(N(c2ccccc2)c2ccc(N(c3ccccc3)c3ccc4oc5ccccc5c4c3)cc2)cc1. The van der Waals surface area contributed by atoms with Crippen molar-refractivity contribution in [2.75, 3.05) is 9.80 Å². The standard InChI is InChI=1S/C36H25F3N2OSi/c37-43(38,39)32-22-19-30(20-23-32)40(26-9-3-1-4-10-26)28-15-17-29(18-16-28)41(27-11-5-2-6-12-27)31-21-24-36-34(25-31)33-13-7-8-14-35(33)42-36/h1-25H. The lowest BCUT2D eigenvalue weighted by molar-refractivity contribution is 0.501. The summed E-state index contributed by atoms with van der Waals surface area (Å²) in [7, 11) is -5.89. The highest BCUT2D eigenvalue weighted by molar-refractivity contribution is 6.73. The number of para-hydroxylation sites is 3. The molecule has 0 N–H and O–H groups in total. The van der Waals surface area contributed by atoms with Gasteiger partial charge in [0.2, 0.25) is 0 Å². The number of benzene rings is 6. The number of furan rings is 1.